The van der Waals surface area contributed by atoms with E-state index in [1.54, 1.807) is 18.2 Å². The normalized spacial score (nSPS) is 14.9. The fraction of sp³-hybridized carbons (Fsp3) is 0.190. The Morgan fingerprint density at radius 3 is 2.72 bits per heavy atom. The van der Waals surface area contributed by atoms with Crippen molar-refractivity contribution < 1.29 is 23.8 Å². The van der Waals surface area contributed by atoms with Crippen molar-refractivity contribution in [3.05, 3.63) is 59.5 Å². The topological polar surface area (TPSA) is 86.8 Å². The number of anilines is 1. The average Bonchev–Trinajstić information content (AvgIpc) is 3.20. The maximum atomic E-state index is 12.2. The van der Waals surface area contributed by atoms with Crippen molar-refractivity contribution in [3.63, 3.8) is 0 Å². The van der Waals surface area contributed by atoms with Gasteiger partial charge in [-0.05, 0) is 19.1 Å². The van der Waals surface area contributed by atoms with Crippen LogP contribution in [0.25, 0.3) is 11.3 Å². The fourth-order valence-corrected chi connectivity index (χ4v) is 3.44. The molecule has 3 aromatic rings. The standard InChI is InChI=1S/C21H18N2O5S/c1-13-6-8-14(9-7-13)15-12-29-21(22-15)23-19(24)11-27-20(25)18-10-26-16-4-2-3-5-17(16)28-18/h2-9,12,18H,10-11H2,1H3,(H,22,23,24)/t18-/m0/s1. The summed E-state index contributed by atoms with van der Waals surface area (Å²) in [7, 11) is 0. The van der Waals surface area contributed by atoms with Crippen LogP contribution in [0.4, 0.5) is 5.13 Å². The number of nitrogens with zero attached hydrogens (tertiary/aromatic N) is 1. The monoisotopic (exact) mass is 410 g/mol. The molecule has 0 radical (unpaired) electrons. The summed E-state index contributed by atoms with van der Waals surface area (Å²) < 4.78 is 16.1. The van der Waals surface area contributed by atoms with Crippen LogP contribution in [0.15, 0.2) is 53.9 Å². The van der Waals surface area contributed by atoms with Gasteiger partial charge in [0.15, 0.2) is 23.2 Å². The molecule has 2 aromatic carbocycles. The zero-order valence-corrected chi connectivity index (χ0v) is 16.4. The van der Waals surface area contributed by atoms with Crippen LogP contribution in [0.5, 0.6) is 11.5 Å². The van der Waals surface area contributed by atoms with Crippen LogP contribution in [-0.2, 0) is 14.3 Å². The third kappa shape index (κ3) is 4.55. The smallest absolute Gasteiger partial charge is 0.351 e. The maximum Gasteiger partial charge on any atom is 0.351 e. The minimum Gasteiger partial charge on any atom is -0.485 e. The lowest BCUT2D eigenvalue weighted by molar-refractivity contribution is -0.156. The van der Waals surface area contributed by atoms with E-state index < -0.39 is 24.6 Å². The number of ether oxygens (including phenoxy) is 3. The van der Waals surface area contributed by atoms with Crippen LogP contribution < -0.4 is 14.8 Å². The molecule has 1 amide bonds. The van der Waals surface area contributed by atoms with Crippen molar-refractivity contribution in [2.75, 3.05) is 18.5 Å². The van der Waals surface area contributed by atoms with Crippen molar-refractivity contribution in [1.82, 2.24) is 4.98 Å². The van der Waals surface area contributed by atoms with Gasteiger partial charge in [0.2, 0.25) is 6.10 Å². The summed E-state index contributed by atoms with van der Waals surface area (Å²) in [6, 6.07) is 15.0. The molecule has 7 nitrogen and oxygen atoms in total. The molecule has 8 heteroatoms. The number of fused-ring (bicyclic) bond motifs is 1. The molecule has 1 aliphatic rings. The SMILES string of the molecule is Cc1ccc(-c2csc(NC(=O)COC(=O)[C@@H]3COc4ccccc4O3)n2)cc1. The molecule has 148 valence electrons. The molecule has 0 spiro atoms. The number of esters is 1. The lowest BCUT2D eigenvalue weighted by atomic mass is 10.1. The molecule has 0 bridgehead atoms. The molecule has 1 N–H and O–H groups in total. The molecular weight excluding hydrogens is 392 g/mol. The van der Waals surface area contributed by atoms with E-state index in [-0.39, 0.29) is 6.61 Å². The third-order valence-corrected chi connectivity index (χ3v) is 4.97. The Hall–Kier alpha value is -3.39. The van der Waals surface area contributed by atoms with Crippen LogP contribution >= 0.6 is 11.3 Å². The fourth-order valence-electron chi connectivity index (χ4n) is 2.71. The van der Waals surface area contributed by atoms with Gasteiger partial charge in [-0.1, -0.05) is 42.0 Å². The number of hydrogen-bond donors (Lipinski definition) is 1. The molecular formula is C21H18N2O5S. The number of nitrogens with one attached hydrogen (secondary N) is 1. The number of thiazole rings is 1. The Morgan fingerprint density at radius 1 is 1.17 bits per heavy atom. The van der Waals surface area contributed by atoms with Crippen LogP contribution in [0.1, 0.15) is 5.56 Å². The Kier molecular flexibility index (Phi) is 5.44. The average molecular weight is 410 g/mol. The Bertz CT molecular complexity index is 1030. The molecule has 0 saturated carbocycles. The molecule has 0 fully saturated rings. The van der Waals surface area contributed by atoms with Crippen molar-refractivity contribution in [3.8, 4) is 22.8 Å². The first-order valence-electron chi connectivity index (χ1n) is 8.96. The van der Waals surface area contributed by atoms with Gasteiger partial charge in [0.1, 0.15) is 6.61 Å². The summed E-state index contributed by atoms with van der Waals surface area (Å²) in [4.78, 5) is 28.6. The van der Waals surface area contributed by atoms with E-state index in [0.29, 0.717) is 16.6 Å². The molecule has 1 aliphatic heterocycles. The number of amides is 1. The van der Waals surface area contributed by atoms with Gasteiger partial charge in [0, 0.05) is 10.9 Å². The number of hydrogen-bond acceptors (Lipinski definition) is 7. The van der Waals surface area contributed by atoms with Crippen LogP contribution in [-0.4, -0.2) is 36.2 Å². The van der Waals surface area contributed by atoms with Gasteiger partial charge < -0.3 is 14.2 Å². The van der Waals surface area contributed by atoms with E-state index in [9.17, 15) is 9.59 Å². The van der Waals surface area contributed by atoms with E-state index in [1.165, 1.54) is 11.3 Å². The second-order valence-corrected chi connectivity index (χ2v) is 7.28. The van der Waals surface area contributed by atoms with Gasteiger partial charge >= 0.3 is 5.97 Å². The number of rotatable bonds is 5. The highest BCUT2D eigenvalue weighted by Crippen LogP contribution is 2.31. The number of carbonyl (C=O) groups is 2. The molecule has 1 atom stereocenters. The van der Waals surface area contributed by atoms with Gasteiger partial charge in [-0.2, -0.15) is 0 Å². The first kappa shape index (κ1) is 18.9. The second-order valence-electron chi connectivity index (χ2n) is 6.42. The molecule has 4 rings (SSSR count). The lowest BCUT2D eigenvalue weighted by Gasteiger charge is -2.24. The lowest BCUT2D eigenvalue weighted by Crippen LogP contribution is -2.39. The van der Waals surface area contributed by atoms with Gasteiger partial charge in [-0.3, -0.25) is 10.1 Å². The summed E-state index contributed by atoms with van der Waals surface area (Å²) in [5, 5.41) is 4.93. The first-order valence-corrected chi connectivity index (χ1v) is 9.84. The predicted octanol–water partition coefficient (Wildman–Crippen LogP) is 3.44. The van der Waals surface area contributed by atoms with Crippen molar-refractivity contribution in [2.45, 2.75) is 13.0 Å². The molecule has 0 aliphatic carbocycles. The maximum absolute atomic E-state index is 12.2. The third-order valence-electron chi connectivity index (χ3n) is 4.21. The van der Waals surface area contributed by atoms with Crippen molar-refractivity contribution in [1.29, 1.82) is 0 Å². The minimum absolute atomic E-state index is 0.0316. The molecule has 0 unspecified atom stereocenters. The van der Waals surface area contributed by atoms with Crippen LogP contribution in [0.2, 0.25) is 0 Å². The Morgan fingerprint density at radius 2 is 1.93 bits per heavy atom. The highest BCUT2D eigenvalue weighted by atomic mass is 32.1. The van der Waals surface area contributed by atoms with E-state index in [2.05, 4.69) is 10.3 Å². The highest BCUT2D eigenvalue weighted by molar-refractivity contribution is 7.14. The van der Waals surface area contributed by atoms with E-state index >= 15 is 0 Å². The minimum atomic E-state index is -0.911. The van der Waals surface area contributed by atoms with Crippen molar-refractivity contribution >= 4 is 28.3 Å². The Labute approximate surface area is 171 Å². The summed E-state index contributed by atoms with van der Waals surface area (Å²) in [5.74, 6) is -0.0894. The zero-order chi connectivity index (χ0) is 20.2. The van der Waals surface area contributed by atoms with E-state index in [1.807, 2.05) is 42.6 Å². The number of aryl methyl sites for hydroxylation is 1. The van der Waals surface area contributed by atoms with Gasteiger partial charge in [-0.15, -0.1) is 11.3 Å². The highest BCUT2D eigenvalue weighted by Gasteiger charge is 2.29. The molecule has 1 aromatic heterocycles. The van der Waals surface area contributed by atoms with Gasteiger partial charge in [0.05, 0.1) is 5.69 Å². The van der Waals surface area contributed by atoms with Gasteiger partial charge in [0.25, 0.3) is 5.91 Å². The Balaban J connectivity index is 1.28. The van der Waals surface area contributed by atoms with Crippen LogP contribution in [0.3, 0.4) is 0 Å². The van der Waals surface area contributed by atoms with Crippen molar-refractivity contribution in [2.24, 2.45) is 0 Å². The summed E-state index contributed by atoms with van der Waals surface area (Å²) in [6.45, 7) is 1.62. The second kappa shape index (κ2) is 8.32. The largest absolute Gasteiger partial charge is 0.485 e. The first-order chi connectivity index (χ1) is 14.1. The number of aromatic nitrogens is 1. The summed E-state index contributed by atoms with van der Waals surface area (Å²) in [5.41, 5.74) is 2.90. The van der Waals surface area contributed by atoms with Gasteiger partial charge in [-0.25, -0.2) is 9.78 Å². The number of benzene rings is 2. The van der Waals surface area contributed by atoms with E-state index in [0.717, 1.165) is 16.8 Å². The summed E-state index contributed by atoms with van der Waals surface area (Å²) in [6.07, 6.45) is -0.911. The predicted molar refractivity (Wildman–Crippen MR) is 108 cm³/mol. The summed E-state index contributed by atoms with van der Waals surface area (Å²) >= 11 is 1.30. The van der Waals surface area contributed by atoms with E-state index in [4.69, 9.17) is 14.2 Å². The zero-order valence-electron chi connectivity index (χ0n) is 15.6. The van der Waals surface area contributed by atoms with Crippen LogP contribution in [0, 0.1) is 6.92 Å². The number of carbonyl (C=O) groups excluding carboxylic acids is 2. The molecule has 0 saturated heterocycles. The molecule has 29 heavy (non-hydrogen) atoms. The quantitative estimate of drug-likeness (QED) is 0.649. The number of para-hydroxylation sites is 2. The molecule has 2 heterocycles.